The number of nitro groups is 1. The second kappa shape index (κ2) is 7.69. The van der Waals surface area contributed by atoms with Crippen molar-refractivity contribution in [2.45, 2.75) is 13.0 Å². The average molecular weight is 393 g/mol. The maximum absolute atomic E-state index is 12.1. The number of amides is 1. The standard InChI is InChI=1S/C16H13BrN2O5/c1-10(15(20)18-12-5-3-2-4-6-12)24-16(21)11-7-8-13(17)14(9-11)19(22)23/h2-10H,1H3,(H,18,20)/t10-/m1/s1. The molecule has 0 unspecified atom stereocenters. The molecule has 7 nitrogen and oxygen atoms in total. The molecule has 2 aromatic carbocycles. The van der Waals surface area contributed by atoms with Gasteiger partial charge in [-0.25, -0.2) is 4.79 Å². The lowest BCUT2D eigenvalue weighted by Crippen LogP contribution is -2.30. The number of ether oxygens (including phenoxy) is 1. The molecular formula is C16H13BrN2O5. The van der Waals surface area contributed by atoms with Crippen LogP contribution in [0.2, 0.25) is 0 Å². The van der Waals surface area contributed by atoms with Gasteiger partial charge in [0.05, 0.1) is 15.0 Å². The first-order valence-corrected chi connectivity index (χ1v) is 7.68. The van der Waals surface area contributed by atoms with Crippen LogP contribution in [-0.4, -0.2) is 22.9 Å². The Morgan fingerprint density at radius 1 is 1.21 bits per heavy atom. The van der Waals surface area contributed by atoms with E-state index >= 15 is 0 Å². The number of hydrogen-bond donors (Lipinski definition) is 1. The van der Waals surface area contributed by atoms with Gasteiger partial charge in [0, 0.05) is 11.8 Å². The predicted octanol–water partition coefficient (Wildman–Crippen LogP) is 3.54. The fourth-order valence-electron chi connectivity index (χ4n) is 1.83. The number of carbonyl (C=O) groups excluding carboxylic acids is 2. The Hall–Kier alpha value is -2.74. The van der Waals surface area contributed by atoms with Crippen molar-refractivity contribution in [1.82, 2.24) is 0 Å². The van der Waals surface area contributed by atoms with Gasteiger partial charge < -0.3 is 10.1 Å². The zero-order chi connectivity index (χ0) is 17.7. The van der Waals surface area contributed by atoms with Gasteiger partial charge >= 0.3 is 5.97 Å². The van der Waals surface area contributed by atoms with Crippen LogP contribution in [0.15, 0.2) is 53.0 Å². The fourth-order valence-corrected chi connectivity index (χ4v) is 2.22. The second-order valence-electron chi connectivity index (χ2n) is 4.83. The van der Waals surface area contributed by atoms with E-state index in [0.29, 0.717) is 5.69 Å². The van der Waals surface area contributed by atoms with Crippen molar-refractivity contribution in [3.63, 3.8) is 0 Å². The third-order valence-corrected chi connectivity index (χ3v) is 3.74. The molecule has 0 bridgehead atoms. The number of esters is 1. The molecule has 0 fully saturated rings. The third-order valence-electron chi connectivity index (χ3n) is 3.07. The Balaban J connectivity index is 2.04. The van der Waals surface area contributed by atoms with Crippen molar-refractivity contribution in [2.24, 2.45) is 0 Å². The first kappa shape index (κ1) is 17.6. The highest BCUT2D eigenvalue weighted by Crippen LogP contribution is 2.26. The first-order valence-electron chi connectivity index (χ1n) is 6.89. The molecule has 0 saturated heterocycles. The number of hydrogen-bond acceptors (Lipinski definition) is 5. The molecule has 0 aromatic heterocycles. The number of nitrogens with zero attached hydrogens (tertiary/aromatic N) is 1. The summed E-state index contributed by atoms with van der Waals surface area (Å²) >= 11 is 3.03. The molecule has 0 spiro atoms. The highest BCUT2D eigenvalue weighted by molar-refractivity contribution is 9.10. The second-order valence-corrected chi connectivity index (χ2v) is 5.68. The largest absolute Gasteiger partial charge is 0.449 e. The van der Waals surface area contributed by atoms with Gasteiger partial charge in [0.25, 0.3) is 11.6 Å². The predicted molar refractivity (Wildman–Crippen MR) is 90.7 cm³/mol. The van der Waals surface area contributed by atoms with Crippen molar-refractivity contribution in [2.75, 3.05) is 5.32 Å². The molecule has 24 heavy (non-hydrogen) atoms. The molecule has 2 rings (SSSR count). The van der Waals surface area contributed by atoms with Crippen LogP contribution in [-0.2, 0) is 9.53 Å². The average Bonchev–Trinajstić information content (AvgIpc) is 2.55. The molecule has 1 atom stereocenters. The van der Waals surface area contributed by atoms with E-state index in [-0.39, 0.29) is 15.7 Å². The first-order chi connectivity index (χ1) is 11.4. The topological polar surface area (TPSA) is 98.5 Å². The Morgan fingerprint density at radius 2 is 1.88 bits per heavy atom. The number of anilines is 1. The maximum atomic E-state index is 12.1. The van der Waals surface area contributed by atoms with E-state index in [2.05, 4.69) is 21.2 Å². The summed E-state index contributed by atoms with van der Waals surface area (Å²) in [6.07, 6.45) is -1.06. The number of benzene rings is 2. The summed E-state index contributed by atoms with van der Waals surface area (Å²) in [6, 6.07) is 12.6. The van der Waals surface area contributed by atoms with Crippen LogP contribution < -0.4 is 5.32 Å². The molecule has 124 valence electrons. The molecule has 8 heteroatoms. The molecule has 0 aliphatic carbocycles. The van der Waals surface area contributed by atoms with Crippen molar-refractivity contribution >= 4 is 39.2 Å². The van der Waals surface area contributed by atoms with Gasteiger partial charge in [0.2, 0.25) is 0 Å². The van der Waals surface area contributed by atoms with Crippen LogP contribution >= 0.6 is 15.9 Å². The smallest absolute Gasteiger partial charge is 0.339 e. The molecule has 0 radical (unpaired) electrons. The number of para-hydroxylation sites is 1. The minimum atomic E-state index is -1.06. The number of halogens is 1. The fraction of sp³-hybridized carbons (Fsp3) is 0.125. The molecule has 0 aliphatic heterocycles. The molecule has 1 amide bonds. The van der Waals surface area contributed by atoms with Crippen LogP contribution in [0.25, 0.3) is 0 Å². The van der Waals surface area contributed by atoms with Gasteiger partial charge in [-0.05, 0) is 47.1 Å². The van der Waals surface area contributed by atoms with Gasteiger partial charge in [0.15, 0.2) is 6.10 Å². The van der Waals surface area contributed by atoms with Crippen molar-refractivity contribution in [3.05, 3.63) is 68.7 Å². The Kier molecular flexibility index (Phi) is 5.64. The Bertz CT molecular complexity index is 779. The number of rotatable bonds is 5. The molecule has 0 saturated carbocycles. The number of nitro benzene ring substituents is 1. The molecule has 2 aromatic rings. The monoisotopic (exact) mass is 392 g/mol. The minimum absolute atomic E-state index is 0.00994. The van der Waals surface area contributed by atoms with Crippen LogP contribution in [0, 0.1) is 10.1 Å². The van der Waals surface area contributed by atoms with Crippen LogP contribution in [0.5, 0.6) is 0 Å². The van der Waals surface area contributed by atoms with E-state index in [1.165, 1.54) is 19.1 Å². The highest BCUT2D eigenvalue weighted by atomic mass is 79.9. The summed E-state index contributed by atoms with van der Waals surface area (Å²) in [5.41, 5.74) is 0.305. The molecule has 0 heterocycles. The van der Waals surface area contributed by atoms with Gasteiger partial charge in [-0.15, -0.1) is 0 Å². The highest BCUT2D eigenvalue weighted by Gasteiger charge is 2.21. The van der Waals surface area contributed by atoms with E-state index in [0.717, 1.165) is 6.07 Å². The normalized spacial score (nSPS) is 11.4. The van der Waals surface area contributed by atoms with Crippen LogP contribution in [0.1, 0.15) is 17.3 Å². The molecular weight excluding hydrogens is 380 g/mol. The zero-order valence-electron chi connectivity index (χ0n) is 12.6. The summed E-state index contributed by atoms with van der Waals surface area (Å²) in [4.78, 5) is 34.3. The van der Waals surface area contributed by atoms with E-state index in [1.54, 1.807) is 30.3 Å². The lowest BCUT2D eigenvalue weighted by molar-refractivity contribution is -0.385. The number of carbonyl (C=O) groups is 2. The van der Waals surface area contributed by atoms with Crippen molar-refractivity contribution < 1.29 is 19.2 Å². The Morgan fingerprint density at radius 3 is 2.50 bits per heavy atom. The van der Waals surface area contributed by atoms with Crippen molar-refractivity contribution in [1.29, 1.82) is 0 Å². The van der Waals surface area contributed by atoms with Gasteiger partial charge in [-0.3, -0.25) is 14.9 Å². The van der Waals surface area contributed by atoms with Gasteiger partial charge in [-0.2, -0.15) is 0 Å². The van der Waals surface area contributed by atoms with E-state index < -0.39 is 22.9 Å². The summed E-state index contributed by atoms with van der Waals surface area (Å²) in [6.45, 7) is 1.42. The van der Waals surface area contributed by atoms with Gasteiger partial charge in [-0.1, -0.05) is 18.2 Å². The van der Waals surface area contributed by atoms with Crippen LogP contribution in [0.4, 0.5) is 11.4 Å². The maximum Gasteiger partial charge on any atom is 0.339 e. The summed E-state index contributed by atoms with van der Waals surface area (Å²) in [5.74, 6) is -1.32. The number of nitrogens with one attached hydrogen (secondary N) is 1. The zero-order valence-corrected chi connectivity index (χ0v) is 14.1. The molecule has 1 N–H and O–H groups in total. The van der Waals surface area contributed by atoms with E-state index in [4.69, 9.17) is 4.74 Å². The SMILES string of the molecule is C[C@@H](OC(=O)c1ccc(Br)c([N+](=O)[O-])c1)C(=O)Nc1ccccc1. The van der Waals surface area contributed by atoms with E-state index in [9.17, 15) is 19.7 Å². The van der Waals surface area contributed by atoms with Crippen molar-refractivity contribution in [3.8, 4) is 0 Å². The summed E-state index contributed by atoms with van der Waals surface area (Å²) < 4.78 is 5.31. The third kappa shape index (κ3) is 4.39. The quantitative estimate of drug-likeness (QED) is 0.476. The summed E-state index contributed by atoms with van der Waals surface area (Å²) in [7, 11) is 0. The van der Waals surface area contributed by atoms with Gasteiger partial charge in [0.1, 0.15) is 0 Å². The minimum Gasteiger partial charge on any atom is -0.449 e. The lowest BCUT2D eigenvalue weighted by Gasteiger charge is -2.13. The lowest BCUT2D eigenvalue weighted by atomic mass is 10.2. The summed E-state index contributed by atoms with van der Waals surface area (Å²) in [5, 5.41) is 13.5. The molecule has 0 aliphatic rings. The Labute approximate surface area is 145 Å². The van der Waals surface area contributed by atoms with E-state index in [1.807, 2.05) is 0 Å². The van der Waals surface area contributed by atoms with Crippen LogP contribution in [0.3, 0.4) is 0 Å².